The Morgan fingerprint density at radius 3 is 2.00 bits per heavy atom. The first-order chi connectivity index (χ1) is 7.45. The minimum Gasteiger partial charge on any atom is -0.394 e. The second kappa shape index (κ2) is 7.70. The van der Waals surface area contributed by atoms with E-state index in [1.807, 2.05) is 6.92 Å². The van der Waals surface area contributed by atoms with Crippen LogP contribution in [0.2, 0.25) is 0 Å². The Kier molecular flexibility index (Phi) is 7.44. The van der Waals surface area contributed by atoms with Crippen molar-refractivity contribution in [2.24, 2.45) is 0 Å². The molecule has 0 aromatic rings. The topological polar surface area (TPSA) is 118 Å². The van der Waals surface area contributed by atoms with Crippen LogP contribution in [0.15, 0.2) is 0 Å². The molecule has 6 nitrogen and oxygen atoms in total. The maximum atomic E-state index is 11.3. The number of aliphatic hydroxyl groups excluding tert-OH is 5. The number of rotatable bonds is 8. The summed E-state index contributed by atoms with van der Waals surface area (Å²) in [7, 11) is 0. The van der Waals surface area contributed by atoms with Gasteiger partial charge in [-0.25, -0.2) is 0 Å². The molecule has 4 atom stereocenters. The Bertz CT molecular complexity index is 207. The zero-order chi connectivity index (χ0) is 12.7. The lowest BCUT2D eigenvalue weighted by Gasteiger charge is -2.21. The molecular weight excluding hydrogens is 216 g/mol. The summed E-state index contributed by atoms with van der Waals surface area (Å²) in [4.78, 5) is 11.3. The highest BCUT2D eigenvalue weighted by molar-refractivity contribution is 5.88. The molecular formula is C10H20O6. The van der Waals surface area contributed by atoms with E-state index in [0.29, 0.717) is 6.42 Å². The summed E-state index contributed by atoms with van der Waals surface area (Å²) in [6.07, 6.45) is -4.82. The fourth-order valence-corrected chi connectivity index (χ4v) is 1.23. The van der Waals surface area contributed by atoms with Crippen molar-refractivity contribution in [2.45, 2.75) is 50.6 Å². The van der Waals surface area contributed by atoms with Crippen molar-refractivity contribution in [1.29, 1.82) is 0 Å². The Balaban J connectivity index is 4.25. The minimum absolute atomic E-state index is 0.241. The van der Waals surface area contributed by atoms with Crippen molar-refractivity contribution in [3.05, 3.63) is 0 Å². The maximum absolute atomic E-state index is 11.3. The molecule has 0 aromatic carbocycles. The summed E-state index contributed by atoms with van der Waals surface area (Å²) in [5, 5.41) is 45.5. The molecule has 0 bridgehead atoms. The fraction of sp³-hybridized carbons (Fsp3) is 0.900. The van der Waals surface area contributed by atoms with Crippen LogP contribution in [0.3, 0.4) is 0 Å². The van der Waals surface area contributed by atoms with E-state index in [0.717, 1.165) is 6.42 Å². The highest BCUT2D eigenvalue weighted by Crippen LogP contribution is 2.09. The van der Waals surface area contributed by atoms with Crippen molar-refractivity contribution in [2.75, 3.05) is 6.61 Å². The SMILES string of the molecule is CCCCC(O)[C@@H](O)C(=O)[C@H](O)[C@H](O)CO. The number of carbonyl (C=O) groups excluding carboxylic acids is 1. The zero-order valence-electron chi connectivity index (χ0n) is 9.28. The van der Waals surface area contributed by atoms with Crippen molar-refractivity contribution in [1.82, 2.24) is 0 Å². The van der Waals surface area contributed by atoms with E-state index in [4.69, 9.17) is 10.2 Å². The van der Waals surface area contributed by atoms with Crippen LogP contribution in [0.1, 0.15) is 26.2 Å². The summed E-state index contributed by atoms with van der Waals surface area (Å²) in [6, 6.07) is 0. The Hall–Kier alpha value is -0.530. The first-order valence-electron chi connectivity index (χ1n) is 5.32. The molecule has 0 saturated heterocycles. The molecule has 0 fully saturated rings. The minimum atomic E-state index is -1.88. The fourth-order valence-electron chi connectivity index (χ4n) is 1.23. The normalized spacial score (nSPS) is 18.9. The summed E-state index contributed by atoms with van der Waals surface area (Å²) in [5.41, 5.74) is 0. The largest absolute Gasteiger partial charge is 0.394 e. The van der Waals surface area contributed by atoms with Crippen molar-refractivity contribution in [3.63, 3.8) is 0 Å². The van der Waals surface area contributed by atoms with Crippen LogP contribution >= 0.6 is 0 Å². The lowest BCUT2D eigenvalue weighted by atomic mass is 9.98. The molecule has 0 rings (SSSR count). The monoisotopic (exact) mass is 236 g/mol. The van der Waals surface area contributed by atoms with E-state index in [1.165, 1.54) is 0 Å². The van der Waals surface area contributed by atoms with Gasteiger partial charge in [-0.15, -0.1) is 0 Å². The molecule has 96 valence electrons. The molecule has 16 heavy (non-hydrogen) atoms. The molecule has 0 aliphatic rings. The summed E-state index contributed by atoms with van der Waals surface area (Å²) < 4.78 is 0. The summed E-state index contributed by atoms with van der Waals surface area (Å²) in [6.45, 7) is 1.11. The van der Waals surface area contributed by atoms with E-state index >= 15 is 0 Å². The van der Waals surface area contributed by atoms with Gasteiger partial charge in [0.2, 0.25) is 0 Å². The Labute approximate surface area is 94.2 Å². The molecule has 1 unspecified atom stereocenters. The van der Waals surface area contributed by atoms with Crippen LogP contribution in [-0.4, -0.2) is 62.3 Å². The number of ketones is 1. The van der Waals surface area contributed by atoms with Gasteiger partial charge < -0.3 is 25.5 Å². The molecule has 0 heterocycles. The van der Waals surface area contributed by atoms with Gasteiger partial charge in [-0.3, -0.25) is 4.79 Å². The predicted molar refractivity (Wildman–Crippen MR) is 55.6 cm³/mol. The first-order valence-corrected chi connectivity index (χ1v) is 5.32. The standard InChI is InChI=1S/C10H20O6/c1-2-3-4-6(12)8(14)10(16)9(15)7(13)5-11/h6-9,11-15H,2-5H2,1H3/t6?,7-,8-,9-/m1/s1. The van der Waals surface area contributed by atoms with Gasteiger partial charge in [0.05, 0.1) is 12.7 Å². The van der Waals surface area contributed by atoms with Crippen LogP contribution in [0.25, 0.3) is 0 Å². The molecule has 5 N–H and O–H groups in total. The molecule has 0 radical (unpaired) electrons. The second-order valence-electron chi connectivity index (χ2n) is 3.75. The number of unbranched alkanes of at least 4 members (excludes halogenated alkanes) is 1. The third-order valence-corrected chi connectivity index (χ3v) is 2.35. The smallest absolute Gasteiger partial charge is 0.195 e. The van der Waals surface area contributed by atoms with Gasteiger partial charge in [0.15, 0.2) is 5.78 Å². The van der Waals surface area contributed by atoms with Crippen LogP contribution in [-0.2, 0) is 4.79 Å². The number of Topliss-reactive ketones (excluding diaryl/α,β-unsaturated/α-hetero) is 1. The van der Waals surface area contributed by atoms with E-state index in [1.54, 1.807) is 0 Å². The molecule has 0 aliphatic heterocycles. The maximum Gasteiger partial charge on any atom is 0.195 e. The first kappa shape index (κ1) is 15.5. The Morgan fingerprint density at radius 2 is 1.56 bits per heavy atom. The zero-order valence-corrected chi connectivity index (χ0v) is 9.28. The van der Waals surface area contributed by atoms with Crippen LogP contribution in [0.4, 0.5) is 0 Å². The van der Waals surface area contributed by atoms with Crippen molar-refractivity contribution < 1.29 is 30.3 Å². The average Bonchev–Trinajstić information content (AvgIpc) is 2.31. The highest BCUT2D eigenvalue weighted by Gasteiger charge is 2.32. The van der Waals surface area contributed by atoms with Gasteiger partial charge in [0.25, 0.3) is 0 Å². The number of hydrogen-bond donors (Lipinski definition) is 5. The summed E-state index contributed by atoms with van der Waals surface area (Å²) in [5.74, 6) is -1.08. The highest BCUT2D eigenvalue weighted by atomic mass is 16.4. The van der Waals surface area contributed by atoms with E-state index in [2.05, 4.69) is 0 Å². The quantitative estimate of drug-likeness (QED) is 0.339. The average molecular weight is 236 g/mol. The summed E-state index contributed by atoms with van der Waals surface area (Å²) >= 11 is 0. The molecule has 0 spiro atoms. The Morgan fingerprint density at radius 1 is 1.06 bits per heavy atom. The van der Waals surface area contributed by atoms with Gasteiger partial charge in [-0.1, -0.05) is 19.8 Å². The lowest BCUT2D eigenvalue weighted by molar-refractivity contribution is -0.149. The lowest BCUT2D eigenvalue weighted by Crippen LogP contribution is -2.46. The van der Waals surface area contributed by atoms with Crippen LogP contribution < -0.4 is 0 Å². The molecule has 0 saturated carbocycles. The van der Waals surface area contributed by atoms with Crippen molar-refractivity contribution in [3.8, 4) is 0 Å². The predicted octanol–water partition coefficient (Wildman–Crippen LogP) is -1.82. The third-order valence-electron chi connectivity index (χ3n) is 2.35. The third kappa shape index (κ3) is 4.54. The number of hydrogen-bond acceptors (Lipinski definition) is 6. The van der Waals surface area contributed by atoms with Crippen LogP contribution in [0.5, 0.6) is 0 Å². The second-order valence-corrected chi connectivity index (χ2v) is 3.75. The van der Waals surface area contributed by atoms with E-state index in [-0.39, 0.29) is 6.42 Å². The van der Waals surface area contributed by atoms with E-state index in [9.17, 15) is 20.1 Å². The molecule has 6 heteroatoms. The number of aliphatic hydroxyl groups is 5. The number of carbonyl (C=O) groups is 1. The van der Waals surface area contributed by atoms with Gasteiger partial charge in [-0.2, -0.15) is 0 Å². The van der Waals surface area contributed by atoms with E-state index < -0.39 is 36.8 Å². The van der Waals surface area contributed by atoms with Gasteiger partial charge >= 0.3 is 0 Å². The molecule has 0 amide bonds. The van der Waals surface area contributed by atoms with Gasteiger partial charge in [0, 0.05) is 0 Å². The van der Waals surface area contributed by atoms with Gasteiger partial charge in [-0.05, 0) is 6.42 Å². The van der Waals surface area contributed by atoms with Gasteiger partial charge in [0.1, 0.15) is 18.3 Å². The van der Waals surface area contributed by atoms with Crippen LogP contribution in [0, 0.1) is 0 Å². The van der Waals surface area contributed by atoms with Crippen molar-refractivity contribution >= 4 is 5.78 Å². The molecule has 0 aliphatic carbocycles. The molecule has 0 aromatic heterocycles.